The largest absolute Gasteiger partial charge is 0.350 e. The number of hydrogen-bond acceptors (Lipinski definition) is 4. The van der Waals surface area contributed by atoms with Gasteiger partial charge in [0.25, 0.3) is 11.8 Å². The maximum absolute atomic E-state index is 13.2. The van der Waals surface area contributed by atoms with Gasteiger partial charge in [-0.05, 0) is 55.1 Å². The Morgan fingerprint density at radius 1 is 0.852 bits per heavy atom. The predicted octanol–water partition coefficient (Wildman–Crippen LogP) is 4.76. The van der Waals surface area contributed by atoms with E-state index < -0.39 is 0 Å². The Balaban J connectivity index is 1.79. The topological polar surface area (TPSA) is 49.4 Å². The molecule has 27 heavy (non-hydrogen) atoms. The molecule has 2 aromatic carbocycles. The highest BCUT2D eigenvalue weighted by Crippen LogP contribution is 2.35. The van der Waals surface area contributed by atoms with E-state index in [1.54, 1.807) is 6.07 Å². The van der Waals surface area contributed by atoms with Gasteiger partial charge in [-0.2, -0.15) is 0 Å². The minimum absolute atomic E-state index is 0.303. The van der Waals surface area contributed by atoms with Crippen molar-refractivity contribution in [1.82, 2.24) is 0 Å². The molecule has 1 aromatic heterocycles. The molecule has 2 heterocycles. The van der Waals surface area contributed by atoms with Gasteiger partial charge in [0.2, 0.25) is 0 Å². The first-order chi connectivity index (χ1) is 13.0. The Hall–Kier alpha value is -3.18. The molecule has 2 amide bonds. The second kappa shape index (κ2) is 6.85. The third-order valence-electron chi connectivity index (χ3n) is 4.43. The van der Waals surface area contributed by atoms with Gasteiger partial charge in [0.1, 0.15) is 5.70 Å². The van der Waals surface area contributed by atoms with Crippen molar-refractivity contribution in [3.63, 3.8) is 0 Å². The summed E-state index contributed by atoms with van der Waals surface area (Å²) < 4.78 is 0. The summed E-state index contributed by atoms with van der Waals surface area (Å²) in [6.07, 6.45) is 0. The van der Waals surface area contributed by atoms with Gasteiger partial charge in [0.05, 0.1) is 11.3 Å². The number of thiophene rings is 1. The fourth-order valence-corrected chi connectivity index (χ4v) is 3.85. The van der Waals surface area contributed by atoms with Crippen LogP contribution in [0, 0.1) is 13.8 Å². The molecule has 0 saturated heterocycles. The third kappa shape index (κ3) is 3.17. The molecular weight excluding hydrogens is 356 g/mol. The van der Waals surface area contributed by atoms with Crippen molar-refractivity contribution < 1.29 is 9.59 Å². The number of amides is 2. The van der Waals surface area contributed by atoms with Gasteiger partial charge in [0.15, 0.2) is 0 Å². The number of nitrogens with zero attached hydrogens (tertiary/aromatic N) is 1. The maximum atomic E-state index is 13.2. The average Bonchev–Trinajstić information content (AvgIpc) is 3.24. The highest BCUT2D eigenvalue weighted by molar-refractivity contribution is 7.11. The van der Waals surface area contributed by atoms with Crippen LogP contribution in [0.15, 0.2) is 71.7 Å². The van der Waals surface area contributed by atoms with Crippen LogP contribution in [0.25, 0.3) is 5.57 Å². The standard InChI is InChI=1S/C22H18N2O2S/c1-14-8-10-16(11-9-14)23-20-19(18-7-4-12-27-18)21(25)24(22(20)26)17-6-3-5-15(2)13-17/h3-13,23H,1-2H3. The van der Waals surface area contributed by atoms with Crippen LogP contribution < -0.4 is 10.2 Å². The molecule has 4 rings (SSSR count). The summed E-state index contributed by atoms with van der Waals surface area (Å²) in [7, 11) is 0. The van der Waals surface area contributed by atoms with Crippen LogP contribution in [0.2, 0.25) is 0 Å². The van der Waals surface area contributed by atoms with Crippen LogP contribution >= 0.6 is 11.3 Å². The maximum Gasteiger partial charge on any atom is 0.282 e. The first kappa shape index (κ1) is 17.2. The number of carbonyl (C=O) groups is 2. The van der Waals surface area contributed by atoms with Crippen LogP contribution in [0.5, 0.6) is 0 Å². The summed E-state index contributed by atoms with van der Waals surface area (Å²) in [4.78, 5) is 28.4. The molecule has 0 fully saturated rings. The van der Waals surface area contributed by atoms with Crippen molar-refractivity contribution in [2.75, 3.05) is 10.2 Å². The lowest BCUT2D eigenvalue weighted by molar-refractivity contribution is -0.120. The van der Waals surface area contributed by atoms with E-state index in [1.165, 1.54) is 16.2 Å². The molecule has 3 aromatic rings. The molecule has 0 unspecified atom stereocenters. The fraction of sp³-hybridized carbons (Fsp3) is 0.0909. The Labute approximate surface area is 161 Å². The molecule has 1 aliphatic rings. The lowest BCUT2D eigenvalue weighted by Gasteiger charge is -2.16. The average molecular weight is 374 g/mol. The number of carbonyl (C=O) groups excluding carboxylic acids is 2. The zero-order valence-corrected chi connectivity index (χ0v) is 15.8. The highest BCUT2D eigenvalue weighted by atomic mass is 32.1. The Morgan fingerprint density at radius 2 is 1.63 bits per heavy atom. The van der Waals surface area contributed by atoms with E-state index in [1.807, 2.05) is 73.8 Å². The Kier molecular flexibility index (Phi) is 4.38. The summed E-state index contributed by atoms with van der Waals surface area (Å²) in [6.45, 7) is 3.94. The molecule has 0 radical (unpaired) electrons. The van der Waals surface area contributed by atoms with E-state index in [-0.39, 0.29) is 11.8 Å². The van der Waals surface area contributed by atoms with Crippen molar-refractivity contribution >= 4 is 40.1 Å². The number of nitrogens with one attached hydrogen (secondary N) is 1. The predicted molar refractivity (Wildman–Crippen MR) is 110 cm³/mol. The molecule has 134 valence electrons. The smallest absolute Gasteiger partial charge is 0.282 e. The van der Waals surface area contributed by atoms with E-state index in [0.717, 1.165) is 21.7 Å². The number of anilines is 2. The number of imide groups is 1. The Bertz CT molecular complexity index is 1050. The van der Waals surface area contributed by atoms with Crippen LogP contribution in [-0.2, 0) is 9.59 Å². The lowest BCUT2D eigenvalue weighted by Crippen LogP contribution is -2.32. The van der Waals surface area contributed by atoms with Gasteiger partial charge in [0, 0.05) is 10.6 Å². The van der Waals surface area contributed by atoms with Crippen LogP contribution in [0.4, 0.5) is 11.4 Å². The number of aryl methyl sites for hydroxylation is 2. The summed E-state index contributed by atoms with van der Waals surface area (Å²) in [5.74, 6) is -0.641. The quantitative estimate of drug-likeness (QED) is 0.670. The van der Waals surface area contributed by atoms with Crippen LogP contribution in [-0.4, -0.2) is 11.8 Å². The molecular formula is C22H18N2O2S. The molecule has 4 nitrogen and oxygen atoms in total. The number of rotatable bonds is 4. The summed E-state index contributed by atoms with van der Waals surface area (Å²) in [5, 5.41) is 5.08. The Morgan fingerprint density at radius 3 is 2.30 bits per heavy atom. The molecule has 5 heteroatoms. The number of benzene rings is 2. The normalized spacial score (nSPS) is 14.2. The van der Waals surface area contributed by atoms with Crippen molar-refractivity contribution in [3.05, 3.63) is 87.7 Å². The fourth-order valence-electron chi connectivity index (χ4n) is 3.08. The van der Waals surface area contributed by atoms with Gasteiger partial charge in [-0.1, -0.05) is 35.9 Å². The minimum atomic E-state index is -0.338. The zero-order valence-electron chi connectivity index (χ0n) is 15.0. The first-order valence-electron chi connectivity index (χ1n) is 8.62. The van der Waals surface area contributed by atoms with Crippen molar-refractivity contribution in [2.24, 2.45) is 0 Å². The summed E-state index contributed by atoms with van der Waals surface area (Å²) in [5.41, 5.74) is 4.20. The van der Waals surface area contributed by atoms with Gasteiger partial charge in [-0.25, -0.2) is 4.90 Å². The number of hydrogen-bond donors (Lipinski definition) is 1. The molecule has 0 saturated carbocycles. The molecule has 1 aliphatic heterocycles. The van der Waals surface area contributed by atoms with Crippen LogP contribution in [0.3, 0.4) is 0 Å². The van der Waals surface area contributed by atoms with Crippen molar-refractivity contribution in [3.8, 4) is 0 Å². The SMILES string of the molecule is Cc1ccc(NC2=C(c3cccs3)C(=O)N(c3cccc(C)c3)C2=O)cc1. The first-order valence-corrected chi connectivity index (χ1v) is 9.50. The van der Waals surface area contributed by atoms with E-state index >= 15 is 0 Å². The van der Waals surface area contributed by atoms with Gasteiger partial charge in [-0.15, -0.1) is 11.3 Å². The van der Waals surface area contributed by atoms with E-state index in [4.69, 9.17) is 0 Å². The van der Waals surface area contributed by atoms with Crippen molar-refractivity contribution in [2.45, 2.75) is 13.8 Å². The molecule has 1 N–H and O–H groups in total. The lowest BCUT2D eigenvalue weighted by atomic mass is 10.1. The van der Waals surface area contributed by atoms with Gasteiger partial charge < -0.3 is 5.32 Å². The second-order valence-electron chi connectivity index (χ2n) is 6.50. The van der Waals surface area contributed by atoms with E-state index in [9.17, 15) is 9.59 Å². The van der Waals surface area contributed by atoms with Crippen molar-refractivity contribution in [1.29, 1.82) is 0 Å². The highest BCUT2D eigenvalue weighted by Gasteiger charge is 2.40. The summed E-state index contributed by atoms with van der Waals surface area (Å²) >= 11 is 1.45. The minimum Gasteiger partial charge on any atom is -0.350 e. The second-order valence-corrected chi connectivity index (χ2v) is 7.45. The molecule has 0 atom stereocenters. The van der Waals surface area contributed by atoms with E-state index in [2.05, 4.69) is 5.32 Å². The third-order valence-corrected chi connectivity index (χ3v) is 5.32. The van der Waals surface area contributed by atoms with E-state index in [0.29, 0.717) is 17.0 Å². The van der Waals surface area contributed by atoms with Crippen LogP contribution in [0.1, 0.15) is 16.0 Å². The van der Waals surface area contributed by atoms with Gasteiger partial charge >= 0.3 is 0 Å². The van der Waals surface area contributed by atoms with Gasteiger partial charge in [-0.3, -0.25) is 9.59 Å². The summed E-state index contributed by atoms with van der Waals surface area (Å²) in [6, 6.07) is 18.9. The zero-order chi connectivity index (χ0) is 19.0. The monoisotopic (exact) mass is 374 g/mol. The molecule has 0 bridgehead atoms. The molecule has 0 spiro atoms. The molecule has 0 aliphatic carbocycles.